The maximum absolute atomic E-state index is 13.0. The number of fused-ring (bicyclic) bond motifs is 2. The lowest BCUT2D eigenvalue weighted by Gasteiger charge is -2.29. The summed E-state index contributed by atoms with van der Waals surface area (Å²) in [5.41, 5.74) is 5.57. The van der Waals surface area contributed by atoms with Gasteiger partial charge in [-0.15, -0.1) is 0 Å². The number of piperidine rings is 1. The summed E-state index contributed by atoms with van der Waals surface area (Å²) in [6.45, 7) is 4.94. The minimum atomic E-state index is -0.00411. The molecular weight excluding hydrogens is 412 g/mol. The summed E-state index contributed by atoms with van der Waals surface area (Å²) in [6.07, 6.45) is 5.60. The lowest BCUT2D eigenvalue weighted by atomic mass is 10.1. The van der Waals surface area contributed by atoms with Gasteiger partial charge in [-0.3, -0.25) is 9.78 Å². The maximum Gasteiger partial charge on any atom is 0.268 e. The smallest absolute Gasteiger partial charge is 0.268 e. The number of rotatable bonds is 5. The highest BCUT2D eigenvalue weighted by Crippen LogP contribution is 2.30. The van der Waals surface area contributed by atoms with E-state index in [-0.39, 0.29) is 11.9 Å². The van der Waals surface area contributed by atoms with Crippen LogP contribution in [0.15, 0.2) is 48.8 Å². The highest BCUT2D eigenvalue weighted by molar-refractivity contribution is 6.00. The zero-order valence-electron chi connectivity index (χ0n) is 19.4. The fraction of sp³-hybridized carbons (Fsp3) is 0.346. The van der Waals surface area contributed by atoms with E-state index < -0.39 is 0 Å². The molecule has 7 nitrogen and oxygen atoms in total. The van der Waals surface area contributed by atoms with Crippen LogP contribution in [0.1, 0.15) is 30.3 Å². The van der Waals surface area contributed by atoms with E-state index >= 15 is 0 Å². The third-order valence-corrected chi connectivity index (χ3v) is 6.60. The van der Waals surface area contributed by atoms with Gasteiger partial charge in [-0.2, -0.15) is 0 Å². The Bertz CT molecular complexity index is 1320. The van der Waals surface area contributed by atoms with Gasteiger partial charge in [-0.05, 0) is 70.2 Å². The Morgan fingerprint density at radius 1 is 1.12 bits per heavy atom. The van der Waals surface area contributed by atoms with Gasteiger partial charge in [0.1, 0.15) is 5.69 Å². The molecule has 5 rings (SSSR count). The number of amides is 1. The molecule has 1 aliphatic rings. The minimum absolute atomic E-state index is 0.00411. The van der Waals surface area contributed by atoms with Crippen LogP contribution in [0.4, 0.5) is 5.69 Å². The first-order valence-electron chi connectivity index (χ1n) is 11.6. The van der Waals surface area contributed by atoms with Crippen molar-refractivity contribution >= 4 is 33.4 Å². The van der Waals surface area contributed by atoms with Crippen LogP contribution in [0.3, 0.4) is 0 Å². The predicted octanol–water partition coefficient (Wildman–Crippen LogP) is 4.04. The van der Waals surface area contributed by atoms with Crippen LogP contribution in [-0.2, 0) is 7.05 Å². The number of carbonyl (C=O) groups is 1. The molecular formula is C26H30N6O. The monoisotopic (exact) mass is 442 g/mol. The van der Waals surface area contributed by atoms with Crippen LogP contribution in [0.2, 0.25) is 0 Å². The van der Waals surface area contributed by atoms with Gasteiger partial charge in [-0.25, -0.2) is 4.98 Å². The molecule has 4 heterocycles. The normalized spacial score (nSPS) is 15.2. The molecule has 7 heteroatoms. The number of aryl methyl sites for hydroxylation is 1. The Balaban J connectivity index is 1.47. The minimum Gasteiger partial charge on any atom is -0.385 e. The molecule has 1 fully saturated rings. The molecule has 170 valence electrons. The van der Waals surface area contributed by atoms with Crippen molar-refractivity contribution in [2.45, 2.75) is 25.8 Å². The zero-order valence-corrected chi connectivity index (χ0v) is 19.4. The number of hydrogen-bond acceptors (Lipinski definition) is 5. The fourth-order valence-corrected chi connectivity index (χ4v) is 4.69. The molecule has 1 saturated heterocycles. The number of aromatic nitrogens is 3. The van der Waals surface area contributed by atoms with Crippen molar-refractivity contribution in [3.63, 3.8) is 0 Å². The van der Waals surface area contributed by atoms with Crippen LogP contribution >= 0.6 is 0 Å². The summed E-state index contributed by atoms with van der Waals surface area (Å²) < 4.78 is 1.98. The molecule has 0 aliphatic carbocycles. The van der Waals surface area contributed by atoms with Crippen molar-refractivity contribution < 1.29 is 4.79 Å². The third kappa shape index (κ3) is 4.16. The van der Waals surface area contributed by atoms with E-state index in [1.165, 1.54) is 0 Å². The van der Waals surface area contributed by atoms with E-state index in [0.29, 0.717) is 5.69 Å². The van der Waals surface area contributed by atoms with E-state index in [1.807, 2.05) is 29.9 Å². The van der Waals surface area contributed by atoms with Gasteiger partial charge in [0.15, 0.2) is 0 Å². The lowest BCUT2D eigenvalue weighted by molar-refractivity contribution is 0.0909. The summed E-state index contributed by atoms with van der Waals surface area (Å²) in [7, 11) is 4.08. The topological polar surface area (TPSA) is 75.1 Å². The Morgan fingerprint density at radius 2 is 1.94 bits per heavy atom. The van der Waals surface area contributed by atoms with Crippen molar-refractivity contribution in [3.8, 4) is 11.3 Å². The van der Waals surface area contributed by atoms with E-state index in [2.05, 4.69) is 58.8 Å². The van der Waals surface area contributed by atoms with Crippen molar-refractivity contribution in [3.05, 3.63) is 54.5 Å². The lowest BCUT2D eigenvalue weighted by Crippen LogP contribution is -2.43. The molecule has 0 radical (unpaired) electrons. The second-order valence-corrected chi connectivity index (χ2v) is 8.89. The highest BCUT2D eigenvalue weighted by atomic mass is 16.2. The Kier molecular flexibility index (Phi) is 5.72. The standard InChI is InChI=1S/C26H30N6O/c1-4-28-23-15-22(30-21-7-10-27-16-20(21)23)17-5-6-24-18(13-17)14-25(32(24)3)26(33)29-19-8-11-31(2)12-9-19/h5-7,10,13-16,19H,4,8-9,11-12H2,1-3H3,(H,28,30)(H,29,33). The number of pyridine rings is 2. The van der Waals surface area contributed by atoms with Gasteiger partial charge in [0.05, 0.1) is 11.2 Å². The number of benzene rings is 1. The first-order valence-corrected chi connectivity index (χ1v) is 11.6. The van der Waals surface area contributed by atoms with Crippen molar-refractivity contribution in [2.75, 3.05) is 32.0 Å². The SMILES string of the molecule is CCNc1cc(-c2ccc3c(c2)cc(C(=O)NC2CCN(C)CC2)n3C)nc2ccncc12. The van der Waals surface area contributed by atoms with Crippen molar-refractivity contribution in [1.29, 1.82) is 0 Å². The predicted molar refractivity (Wildman–Crippen MR) is 134 cm³/mol. The quantitative estimate of drug-likeness (QED) is 0.488. The molecule has 0 bridgehead atoms. The van der Waals surface area contributed by atoms with Crippen LogP contribution < -0.4 is 10.6 Å². The Morgan fingerprint density at radius 3 is 2.73 bits per heavy atom. The molecule has 4 aromatic rings. The molecule has 0 unspecified atom stereocenters. The fourth-order valence-electron chi connectivity index (χ4n) is 4.69. The molecule has 1 aromatic carbocycles. The van der Waals surface area contributed by atoms with Crippen LogP contribution in [0, 0.1) is 0 Å². The number of hydrogen-bond donors (Lipinski definition) is 2. The number of anilines is 1. The van der Waals surface area contributed by atoms with Crippen LogP contribution in [0.25, 0.3) is 33.1 Å². The molecule has 0 atom stereocenters. The summed E-state index contributed by atoms with van der Waals surface area (Å²) in [6, 6.07) is 12.5. The molecule has 2 N–H and O–H groups in total. The Hall–Kier alpha value is -3.45. The van der Waals surface area contributed by atoms with Gasteiger partial charge >= 0.3 is 0 Å². The number of nitrogens with one attached hydrogen (secondary N) is 2. The molecule has 3 aromatic heterocycles. The summed E-state index contributed by atoms with van der Waals surface area (Å²) in [4.78, 5) is 24.5. The van der Waals surface area contributed by atoms with Crippen molar-refractivity contribution in [2.24, 2.45) is 7.05 Å². The number of nitrogens with zero attached hydrogens (tertiary/aromatic N) is 4. The molecule has 0 spiro atoms. The number of likely N-dealkylation sites (tertiary alicyclic amines) is 1. The summed E-state index contributed by atoms with van der Waals surface area (Å²) in [5, 5.41) is 8.70. The van der Waals surface area contributed by atoms with Crippen molar-refractivity contribution in [1.82, 2.24) is 24.8 Å². The summed E-state index contributed by atoms with van der Waals surface area (Å²) >= 11 is 0. The molecule has 33 heavy (non-hydrogen) atoms. The molecule has 1 amide bonds. The van der Waals surface area contributed by atoms with E-state index in [4.69, 9.17) is 4.98 Å². The Labute approximate surface area is 193 Å². The highest BCUT2D eigenvalue weighted by Gasteiger charge is 2.21. The van der Waals surface area contributed by atoms with Crippen LogP contribution in [0.5, 0.6) is 0 Å². The molecule has 0 saturated carbocycles. The number of carbonyl (C=O) groups excluding carboxylic acids is 1. The largest absolute Gasteiger partial charge is 0.385 e. The van der Waals surface area contributed by atoms with Gasteiger partial charge in [0.2, 0.25) is 0 Å². The van der Waals surface area contributed by atoms with E-state index in [0.717, 1.165) is 71.2 Å². The summed E-state index contributed by atoms with van der Waals surface area (Å²) in [5.74, 6) is -0.00411. The first-order chi connectivity index (χ1) is 16.0. The average Bonchev–Trinajstić information content (AvgIpc) is 3.16. The zero-order chi connectivity index (χ0) is 22.9. The third-order valence-electron chi connectivity index (χ3n) is 6.60. The first kappa shape index (κ1) is 21.4. The second kappa shape index (κ2) is 8.83. The van der Waals surface area contributed by atoms with E-state index in [9.17, 15) is 4.79 Å². The molecule has 1 aliphatic heterocycles. The van der Waals surface area contributed by atoms with Gasteiger partial charge < -0.3 is 20.1 Å². The van der Waals surface area contributed by atoms with Gasteiger partial charge in [0.25, 0.3) is 5.91 Å². The van der Waals surface area contributed by atoms with E-state index in [1.54, 1.807) is 6.20 Å². The average molecular weight is 443 g/mol. The maximum atomic E-state index is 13.0. The van der Waals surface area contributed by atoms with Gasteiger partial charge in [0, 0.05) is 59.6 Å². The second-order valence-electron chi connectivity index (χ2n) is 8.89. The van der Waals surface area contributed by atoms with Crippen LogP contribution in [-0.4, -0.2) is 58.1 Å². The van der Waals surface area contributed by atoms with Gasteiger partial charge in [-0.1, -0.05) is 6.07 Å².